The molecule has 0 radical (unpaired) electrons. The summed E-state index contributed by atoms with van der Waals surface area (Å²) in [7, 11) is 1.66. The van der Waals surface area contributed by atoms with Crippen LogP contribution in [-0.2, 0) is 4.74 Å². The highest BCUT2D eigenvalue weighted by atomic mass is 79.9. The van der Waals surface area contributed by atoms with E-state index in [2.05, 4.69) is 20.9 Å². The van der Waals surface area contributed by atoms with Gasteiger partial charge in [-0.3, -0.25) is 4.98 Å². The number of halogens is 2. The van der Waals surface area contributed by atoms with Gasteiger partial charge < -0.3 is 4.74 Å². The third-order valence-corrected chi connectivity index (χ3v) is 3.05. The molecule has 0 saturated heterocycles. The molecule has 0 N–H and O–H groups in total. The highest BCUT2D eigenvalue weighted by molar-refractivity contribution is 9.10. The summed E-state index contributed by atoms with van der Waals surface area (Å²) in [5, 5.41) is 0.670. The molecule has 1 aromatic rings. The highest BCUT2D eigenvalue weighted by Gasteiger charge is 2.14. The van der Waals surface area contributed by atoms with E-state index >= 15 is 0 Å². The SMILES string of the molecule is COC(C)c1c(Br)cnc(C)c1Cl. The van der Waals surface area contributed by atoms with Gasteiger partial charge in [0.2, 0.25) is 0 Å². The minimum Gasteiger partial charge on any atom is -0.377 e. The van der Waals surface area contributed by atoms with Crippen LogP contribution in [0.5, 0.6) is 0 Å². The zero-order chi connectivity index (χ0) is 10.0. The van der Waals surface area contributed by atoms with E-state index in [0.29, 0.717) is 5.02 Å². The Hall–Kier alpha value is -0.120. The van der Waals surface area contributed by atoms with Crippen LogP contribution in [0.3, 0.4) is 0 Å². The fraction of sp³-hybridized carbons (Fsp3) is 0.444. The van der Waals surface area contributed by atoms with Crippen molar-refractivity contribution in [1.29, 1.82) is 0 Å². The second-order valence-electron chi connectivity index (χ2n) is 2.80. The van der Waals surface area contributed by atoms with Gasteiger partial charge in [-0.05, 0) is 29.8 Å². The van der Waals surface area contributed by atoms with Crippen molar-refractivity contribution in [2.75, 3.05) is 7.11 Å². The lowest BCUT2D eigenvalue weighted by Crippen LogP contribution is -2.00. The maximum Gasteiger partial charge on any atom is 0.0819 e. The van der Waals surface area contributed by atoms with E-state index in [1.165, 1.54) is 0 Å². The Labute approximate surface area is 91.4 Å². The van der Waals surface area contributed by atoms with E-state index in [4.69, 9.17) is 16.3 Å². The lowest BCUT2D eigenvalue weighted by Gasteiger charge is -2.14. The first-order chi connectivity index (χ1) is 6.07. The molecule has 2 nitrogen and oxygen atoms in total. The summed E-state index contributed by atoms with van der Waals surface area (Å²) in [6.07, 6.45) is 1.72. The van der Waals surface area contributed by atoms with Gasteiger partial charge >= 0.3 is 0 Å². The van der Waals surface area contributed by atoms with Gasteiger partial charge in [0.15, 0.2) is 0 Å². The summed E-state index contributed by atoms with van der Waals surface area (Å²) in [4.78, 5) is 4.12. The van der Waals surface area contributed by atoms with Crippen molar-refractivity contribution < 1.29 is 4.74 Å². The number of ether oxygens (including phenoxy) is 1. The summed E-state index contributed by atoms with van der Waals surface area (Å²) in [6.45, 7) is 3.83. The van der Waals surface area contributed by atoms with Crippen molar-refractivity contribution in [2.45, 2.75) is 20.0 Å². The van der Waals surface area contributed by atoms with Crippen molar-refractivity contribution in [2.24, 2.45) is 0 Å². The molecule has 1 rings (SSSR count). The van der Waals surface area contributed by atoms with Crippen LogP contribution in [0, 0.1) is 6.92 Å². The summed E-state index contributed by atoms with van der Waals surface area (Å²) in [6, 6.07) is 0. The zero-order valence-electron chi connectivity index (χ0n) is 7.77. The number of methoxy groups -OCH3 is 1. The van der Waals surface area contributed by atoms with Crippen molar-refractivity contribution in [3.63, 3.8) is 0 Å². The van der Waals surface area contributed by atoms with Crippen LogP contribution < -0.4 is 0 Å². The number of pyridine rings is 1. The minimum absolute atomic E-state index is 0.0245. The van der Waals surface area contributed by atoms with Crippen molar-refractivity contribution in [1.82, 2.24) is 4.98 Å². The number of aryl methyl sites for hydroxylation is 1. The van der Waals surface area contributed by atoms with Gasteiger partial charge in [0.05, 0.1) is 16.8 Å². The number of nitrogens with zero attached hydrogens (tertiary/aromatic N) is 1. The van der Waals surface area contributed by atoms with E-state index in [1.54, 1.807) is 13.3 Å². The zero-order valence-corrected chi connectivity index (χ0v) is 10.1. The molecule has 0 spiro atoms. The molecule has 13 heavy (non-hydrogen) atoms. The fourth-order valence-corrected chi connectivity index (χ4v) is 2.11. The topological polar surface area (TPSA) is 22.1 Å². The summed E-state index contributed by atoms with van der Waals surface area (Å²) in [5.41, 5.74) is 1.78. The number of aromatic nitrogens is 1. The Morgan fingerprint density at radius 3 is 2.77 bits per heavy atom. The van der Waals surface area contributed by atoms with Crippen LogP contribution in [0.2, 0.25) is 5.02 Å². The molecule has 4 heteroatoms. The van der Waals surface area contributed by atoms with Gasteiger partial charge in [-0.15, -0.1) is 0 Å². The molecule has 0 fully saturated rings. The molecule has 0 aromatic carbocycles. The summed E-state index contributed by atoms with van der Waals surface area (Å²) < 4.78 is 6.10. The molecule has 72 valence electrons. The molecule has 1 heterocycles. The number of hydrogen-bond acceptors (Lipinski definition) is 2. The van der Waals surface area contributed by atoms with Gasteiger partial charge in [0.25, 0.3) is 0 Å². The highest BCUT2D eigenvalue weighted by Crippen LogP contribution is 2.32. The van der Waals surface area contributed by atoms with Gasteiger partial charge in [-0.1, -0.05) is 11.6 Å². The molecule has 0 aliphatic heterocycles. The lowest BCUT2D eigenvalue weighted by atomic mass is 10.1. The first kappa shape index (κ1) is 11.0. The van der Waals surface area contributed by atoms with E-state index < -0.39 is 0 Å². The molecular formula is C9H11BrClNO. The quantitative estimate of drug-likeness (QED) is 0.815. The largest absolute Gasteiger partial charge is 0.377 e. The van der Waals surface area contributed by atoms with Gasteiger partial charge in [0.1, 0.15) is 0 Å². The second kappa shape index (κ2) is 4.40. The Morgan fingerprint density at radius 1 is 1.62 bits per heavy atom. The third-order valence-electron chi connectivity index (χ3n) is 1.94. The van der Waals surface area contributed by atoms with Gasteiger partial charge in [-0.25, -0.2) is 0 Å². The second-order valence-corrected chi connectivity index (χ2v) is 4.03. The fourth-order valence-electron chi connectivity index (χ4n) is 1.07. The lowest BCUT2D eigenvalue weighted by molar-refractivity contribution is 0.119. The van der Waals surface area contributed by atoms with Crippen molar-refractivity contribution in [3.8, 4) is 0 Å². The molecular weight excluding hydrogens is 253 g/mol. The minimum atomic E-state index is -0.0245. The standard InChI is InChI=1S/C9H11BrClNO/c1-5-9(11)8(6(2)13-3)7(10)4-12-5/h4,6H,1-3H3. The normalized spacial score (nSPS) is 13.0. The Morgan fingerprint density at radius 2 is 2.23 bits per heavy atom. The molecule has 0 aliphatic carbocycles. The number of rotatable bonds is 2. The maximum atomic E-state index is 6.10. The molecule has 0 bridgehead atoms. The van der Waals surface area contributed by atoms with Crippen molar-refractivity contribution in [3.05, 3.63) is 26.9 Å². The first-order valence-electron chi connectivity index (χ1n) is 3.91. The summed E-state index contributed by atoms with van der Waals surface area (Å²) >= 11 is 9.50. The maximum absolute atomic E-state index is 6.10. The molecule has 1 aromatic heterocycles. The third kappa shape index (κ3) is 2.22. The molecule has 0 amide bonds. The van der Waals surface area contributed by atoms with E-state index in [9.17, 15) is 0 Å². The molecule has 1 atom stereocenters. The van der Waals surface area contributed by atoms with Gasteiger partial charge in [0, 0.05) is 23.3 Å². The molecule has 0 saturated carbocycles. The van der Waals surface area contributed by atoms with Crippen molar-refractivity contribution >= 4 is 27.5 Å². The first-order valence-corrected chi connectivity index (χ1v) is 5.08. The van der Waals surface area contributed by atoms with Crippen LogP contribution >= 0.6 is 27.5 Å². The van der Waals surface area contributed by atoms with Crippen LogP contribution in [-0.4, -0.2) is 12.1 Å². The van der Waals surface area contributed by atoms with E-state index in [-0.39, 0.29) is 6.10 Å². The predicted octanol–water partition coefficient (Wildman–Crippen LogP) is 3.51. The monoisotopic (exact) mass is 263 g/mol. The van der Waals surface area contributed by atoms with Crippen LogP contribution in [0.1, 0.15) is 24.3 Å². The molecule has 0 aliphatic rings. The van der Waals surface area contributed by atoms with E-state index in [1.807, 2.05) is 13.8 Å². The van der Waals surface area contributed by atoms with Crippen LogP contribution in [0.15, 0.2) is 10.7 Å². The average molecular weight is 265 g/mol. The Balaban J connectivity index is 3.25. The van der Waals surface area contributed by atoms with Gasteiger partial charge in [-0.2, -0.15) is 0 Å². The Kier molecular flexibility index (Phi) is 3.71. The van der Waals surface area contributed by atoms with Crippen LogP contribution in [0.25, 0.3) is 0 Å². The number of hydrogen-bond donors (Lipinski definition) is 0. The van der Waals surface area contributed by atoms with Crippen LogP contribution in [0.4, 0.5) is 0 Å². The van der Waals surface area contributed by atoms with E-state index in [0.717, 1.165) is 15.7 Å². The average Bonchev–Trinajstić information content (AvgIpc) is 2.12. The predicted molar refractivity (Wildman–Crippen MR) is 57.1 cm³/mol. The summed E-state index contributed by atoms with van der Waals surface area (Å²) in [5.74, 6) is 0. The molecule has 1 unspecified atom stereocenters. The Bertz CT molecular complexity index is 317. The smallest absolute Gasteiger partial charge is 0.0819 e.